The fraction of sp³-hybridized carbons (Fsp3) is 0.188. The molecule has 1 heterocycles. The van der Waals surface area contributed by atoms with Gasteiger partial charge in [-0.15, -0.1) is 0 Å². The molecule has 0 N–H and O–H groups in total. The molecular weight excluding hydrogens is 305 g/mol. The Hall–Kier alpha value is -1.71. The Morgan fingerprint density at radius 1 is 1.24 bits per heavy atom. The molecule has 0 fully saturated rings. The average molecular weight is 320 g/mol. The summed E-state index contributed by atoms with van der Waals surface area (Å²) in [4.78, 5) is 13.3. The molecule has 0 bridgehead atoms. The van der Waals surface area contributed by atoms with E-state index in [2.05, 4.69) is 15.0 Å². The first-order valence-corrected chi connectivity index (χ1v) is 7.27. The van der Waals surface area contributed by atoms with Crippen LogP contribution in [-0.4, -0.2) is 16.0 Å². The molecule has 0 unspecified atom stereocenters. The van der Waals surface area contributed by atoms with Crippen LogP contribution in [-0.2, 0) is 0 Å². The van der Waals surface area contributed by atoms with Crippen LogP contribution in [0.2, 0.25) is 0 Å². The quantitative estimate of drug-likeness (QED) is 0.572. The monoisotopic (exact) mass is 319 g/mol. The van der Waals surface area contributed by atoms with Gasteiger partial charge in [0.2, 0.25) is 0 Å². The van der Waals surface area contributed by atoms with Gasteiger partial charge < -0.3 is 0 Å². The lowest BCUT2D eigenvalue weighted by molar-refractivity contribution is 1.16. The minimum atomic E-state index is 0.409. The van der Waals surface area contributed by atoms with Gasteiger partial charge >= 0.3 is 0 Å². The lowest BCUT2D eigenvalue weighted by atomic mass is 10.3. The van der Waals surface area contributed by atoms with Crippen molar-refractivity contribution in [3.63, 3.8) is 0 Å². The fourth-order valence-corrected chi connectivity index (χ4v) is 1.98. The van der Waals surface area contributed by atoms with Crippen molar-refractivity contribution in [3.05, 3.63) is 64.6 Å². The third-order valence-electron chi connectivity index (χ3n) is 2.67. The van der Waals surface area contributed by atoms with Crippen molar-refractivity contribution in [2.45, 2.75) is 20.3 Å². The van der Waals surface area contributed by atoms with Crippen molar-refractivity contribution in [1.29, 1.82) is 0 Å². The minimum absolute atomic E-state index is 0.409. The summed E-state index contributed by atoms with van der Waals surface area (Å²) in [7, 11) is 0. The zero-order valence-corrected chi connectivity index (χ0v) is 13.4. The van der Waals surface area contributed by atoms with E-state index in [1.165, 1.54) is 0 Å². The van der Waals surface area contributed by atoms with Crippen LogP contribution >= 0.6 is 23.2 Å². The van der Waals surface area contributed by atoms with E-state index >= 15 is 0 Å². The number of hydrogen-bond acceptors (Lipinski definition) is 2. The number of aliphatic imine (C=N–C) groups is 2. The van der Waals surface area contributed by atoms with E-state index in [9.17, 15) is 0 Å². The summed E-state index contributed by atoms with van der Waals surface area (Å²) in [5.74, 6) is 0.486. The Bertz CT molecular complexity index is 679. The fourth-order valence-electron chi connectivity index (χ4n) is 1.75. The molecule has 0 radical (unpaired) electrons. The Balaban J connectivity index is 2.42. The lowest BCUT2D eigenvalue weighted by Crippen LogP contribution is -2.03. The smallest absolute Gasteiger partial charge is 0.179 e. The third-order valence-corrected chi connectivity index (χ3v) is 3.03. The van der Waals surface area contributed by atoms with Gasteiger partial charge in [-0.25, -0.2) is 15.0 Å². The summed E-state index contributed by atoms with van der Waals surface area (Å²) in [5, 5.41) is 1.11. The number of aromatic nitrogens is 1. The van der Waals surface area contributed by atoms with E-state index in [1.807, 2.05) is 49.4 Å². The Morgan fingerprint density at radius 2 is 2.05 bits per heavy atom. The molecular formula is C16H15Cl2N3. The molecule has 0 aliphatic heterocycles. The van der Waals surface area contributed by atoms with Crippen LogP contribution in [0.15, 0.2) is 63.2 Å². The molecule has 3 nitrogen and oxygen atoms in total. The minimum Gasteiger partial charge on any atom is -0.250 e. The molecule has 0 saturated heterocycles. The summed E-state index contributed by atoms with van der Waals surface area (Å²) >= 11 is 11.9. The molecule has 0 atom stereocenters. The van der Waals surface area contributed by atoms with Crippen molar-refractivity contribution < 1.29 is 0 Å². The van der Waals surface area contributed by atoms with Crippen LogP contribution in [0, 0.1) is 6.92 Å². The van der Waals surface area contributed by atoms with Gasteiger partial charge in [0, 0.05) is 10.7 Å². The standard InChI is InChI=1S/C16H15Cl2N3/c1-11-5-3-8-15(19-11)16(20-12(2)17)21-14-7-4-6-13(18)9-10-14/h3,5-10H,4H2,1-2H3. The Morgan fingerprint density at radius 3 is 2.76 bits per heavy atom. The second-order valence-electron chi connectivity index (χ2n) is 4.50. The predicted molar refractivity (Wildman–Crippen MR) is 90.2 cm³/mol. The number of nitrogens with zero attached hydrogens (tertiary/aromatic N) is 3. The highest BCUT2D eigenvalue weighted by Gasteiger charge is 2.06. The summed E-state index contributed by atoms with van der Waals surface area (Å²) < 4.78 is 0. The van der Waals surface area contributed by atoms with Crippen LogP contribution in [0.25, 0.3) is 0 Å². The SMILES string of the molecule is CC(Cl)=NC(=NC1=CCC=C(Cl)C=C1)c1cccc(C)n1. The first-order chi connectivity index (χ1) is 10.0. The number of hydrogen-bond donors (Lipinski definition) is 0. The highest BCUT2D eigenvalue weighted by molar-refractivity contribution is 6.65. The molecule has 1 aliphatic rings. The van der Waals surface area contributed by atoms with Crippen LogP contribution < -0.4 is 0 Å². The molecule has 0 saturated carbocycles. The number of aryl methyl sites for hydroxylation is 1. The second kappa shape index (κ2) is 7.34. The van der Waals surface area contributed by atoms with Gasteiger partial charge in [0.1, 0.15) is 10.9 Å². The molecule has 0 amide bonds. The van der Waals surface area contributed by atoms with Gasteiger partial charge in [-0.1, -0.05) is 41.4 Å². The van der Waals surface area contributed by atoms with E-state index in [4.69, 9.17) is 23.2 Å². The predicted octanol–water partition coefficient (Wildman–Crippen LogP) is 4.76. The highest BCUT2D eigenvalue weighted by atomic mass is 35.5. The van der Waals surface area contributed by atoms with Gasteiger partial charge in [0.25, 0.3) is 0 Å². The summed E-state index contributed by atoms with van der Waals surface area (Å²) in [5.41, 5.74) is 2.37. The average Bonchev–Trinajstić information content (AvgIpc) is 2.62. The number of amidine groups is 1. The van der Waals surface area contributed by atoms with Crippen molar-refractivity contribution >= 4 is 34.2 Å². The normalized spacial score (nSPS) is 16.4. The molecule has 0 aromatic carbocycles. The summed E-state index contributed by atoms with van der Waals surface area (Å²) in [6, 6.07) is 5.70. The number of allylic oxidation sites excluding steroid dienone is 5. The first-order valence-electron chi connectivity index (χ1n) is 6.52. The zero-order valence-electron chi connectivity index (χ0n) is 11.8. The number of rotatable bonds is 2. The largest absolute Gasteiger partial charge is 0.250 e. The zero-order chi connectivity index (χ0) is 15.2. The van der Waals surface area contributed by atoms with E-state index < -0.39 is 0 Å². The van der Waals surface area contributed by atoms with E-state index in [1.54, 1.807) is 6.92 Å². The van der Waals surface area contributed by atoms with Gasteiger partial charge in [0.05, 0.1) is 5.70 Å². The van der Waals surface area contributed by atoms with Crippen molar-refractivity contribution in [2.75, 3.05) is 0 Å². The van der Waals surface area contributed by atoms with Crippen LogP contribution in [0.1, 0.15) is 24.7 Å². The lowest BCUT2D eigenvalue weighted by Gasteiger charge is -2.03. The Labute approximate surface area is 134 Å². The van der Waals surface area contributed by atoms with Crippen molar-refractivity contribution in [1.82, 2.24) is 4.98 Å². The van der Waals surface area contributed by atoms with Crippen LogP contribution in [0.5, 0.6) is 0 Å². The first kappa shape index (κ1) is 15.7. The van der Waals surface area contributed by atoms with Crippen molar-refractivity contribution in [2.24, 2.45) is 9.98 Å². The second-order valence-corrected chi connectivity index (χ2v) is 5.48. The maximum Gasteiger partial charge on any atom is 0.179 e. The molecule has 0 spiro atoms. The molecule has 108 valence electrons. The topological polar surface area (TPSA) is 37.6 Å². The number of halogens is 2. The van der Waals surface area contributed by atoms with E-state index in [0.29, 0.717) is 21.7 Å². The number of pyridine rings is 1. The molecule has 1 aromatic rings. The van der Waals surface area contributed by atoms with Crippen LogP contribution in [0.3, 0.4) is 0 Å². The van der Waals surface area contributed by atoms with Gasteiger partial charge in [-0.3, -0.25) is 0 Å². The molecule has 1 aliphatic carbocycles. The summed E-state index contributed by atoms with van der Waals surface area (Å²) in [6.07, 6.45) is 8.27. The molecule has 5 heteroatoms. The Kier molecular flexibility index (Phi) is 5.48. The van der Waals surface area contributed by atoms with Crippen LogP contribution in [0.4, 0.5) is 0 Å². The molecule has 1 aromatic heterocycles. The maximum atomic E-state index is 5.98. The maximum absolute atomic E-state index is 5.98. The van der Waals surface area contributed by atoms with Gasteiger partial charge in [-0.05, 0) is 44.6 Å². The van der Waals surface area contributed by atoms with Gasteiger partial charge in [-0.2, -0.15) is 0 Å². The van der Waals surface area contributed by atoms with Crippen molar-refractivity contribution in [3.8, 4) is 0 Å². The third kappa shape index (κ3) is 4.96. The van der Waals surface area contributed by atoms with E-state index in [-0.39, 0.29) is 0 Å². The molecule has 2 rings (SSSR count). The summed E-state index contributed by atoms with van der Waals surface area (Å²) in [6.45, 7) is 3.63. The highest BCUT2D eigenvalue weighted by Crippen LogP contribution is 2.15. The van der Waals surface area contributed by atoms with E-state index in [0.717, 1.165) is 17.8 Å². The molecule has 21 heavy (non-hydrogen) atoms. The van der Waals surface area contributed by atoms with Gasteiger partial charge in [0.15, 0.2) is 5.84 Å².